The smallest absolute Gasteiger partial charge is 0.331 e. The fraction of sp³-hybridized carbons (Fsp3) is 0.333. The molecule has 1 N–H and O–H groups in total. The molecule has 1 aliphatic rings. The van der Waals surface area contributed by atoms with Gasteiger partial charge in [-0.15, -0.1) is 0 Å². The van der Waals surface area contributed by atoms with Crippen LogP contribution in [0.5, 0.6) is 0 Å². The highest BCUT2D eigenvalue weighted by atomic mass is 35.5. The number of ether oxygens (including phenoxy) is 1. The molecule has 1 aromatic carbocycles. The predicted octanol–water partition coefficient (Wildman–Crippen LogP) is 2.56. The van der Waals surface area contributed by atoms with Crippen molar-refractivity contribution < 1.29 is 14.3 Å². The van der Waals surface area contributed by atoms with Gasteiger partial charge >= 0.3 is 5.97 Å². The topological polar surface area (TPSA) is 55.4 Å². The van der Waals surface area contributed by atoms with Crippen molar-refractivity contribution in [2.24, 2.45) is 0 Å². The molecule has 5 heteroatoms. The number of hydrogen-bond donors (Lipinski definition) is 1. The average Bonchev–Trinajstić information content (AvgIpc) is 3.22. The van der Waals surface area contributed by atoms with E-state index in [4.69, 9.17) is 16.3 Å². The van der Waals surface area contributed by atoms with Crippen LogP contribution in [0.25, 0.3) is 6.08 Å². The van der Waals surface area contributed by atoms with Crippen LogP contribution in [-0.4, -0.2) is 24.0 Å². The molecule has 1 saturated carbocycles. The summed E-state index contributed by atoms with van der Waals surface area (Å²) in [5, 5.41) is 3.42. The fourth-order valence-corrected chi connectivity index (χ4v) is 1.68. The first-order valence-corrected chi connectivity index (χ1v) is 6.87. The van der Waals surface area contributed by atoms with Gasteiger partial charge in [0.2, 0.25) is 0 Å². The number of carbonyl (C=O) groups excluding carboxylic acids is 2. The first-order valence-electron chi connectivity index (χ1n) is 6.49. The Hall–Kier alpha value is -1.81. The molecule has 1 atom stereocenters. The minimum Gasteiger partial charge on any atom is -0.449 e. The Morgan fingerprint density at radius 3 is 2.60 bits per heavy atom. The van der Waals surface area contributed by atoms with E-state index in [1.165, 1.54) is 6.08 Å². The Bertz CT molecular complexity index is 520. The normalized spacial score (nSPS) is 15.9. The molecule has 1 fully saturated rings. The summed E-state index contributed by atoms with van der Waals surface area (Å²) < 4.78 is 5.02. The third-order valence-corrected chi connectivity index (χ3v) is 3.12. The number of carbonyl (C=O) groups is 2. The molecule has 4 nitrogen and oxygen atoms in total. The molecule has 0 heterocycles. The maximum atomic E-state index is 11.6. The van der Waals surface area contributed by atoms with Crippen LogP contribution in [0.2, 0.25) is 5.02 Å². The Kier molecular flexibility index (Phi) is 4.79. The van der Waals surface area contributed by atoms with Gasteiger partial charge in [0.25, 0.3) is 5.91 Å². The predicted molar refractivity (Wildman–Crippen MR) is 77.2 cm³/mol. The molecule has 2 rings (SSSR count). The molecule has 0 unspecified atom stereocenters. The summed E-state index contributed by atoms with van der Waals surface area (Å²) in [4.78, 5) is 23.2. The van der Waals surface area contributed by atoms with Crippen molar-refractivity contribution in [3.8, 4) is 0 Å². The second kappa shape index (κ2) is 6.57. The fourth-order valence-electron chi connectivity index (χ4n) is 1.55. The molecular weight excluding hydrogens is 278 g/mol. The van der Waals surface area contributed by atoms with Crippen molar-refractivity contribution in [1.82, 2.24) is 5.32 Å². The van der Waals surface area contributed by atoms with E-state index < -0.39 is 12.1 Å². The van der Waals surface area contributed by atoms with Crippen molar-refractivity contribution >= 4 is 29.6 Å². The van der Waals surface area contributed by atoms with Crippen LogP contribution >= 0.6 is 11.6 Å². The molecule has 0 radical (unpaired) electrons. The van der Waals surface area contributed by atoms with Crippen molar-refractivity contribution in [2.45, 2.75) is 31.9 Å². The lowest BCUT2D eigenvalue weighted by Gasteiger charge is -2.11. The van der Waals surface area contributed by atoms with Crippen molar-refractivity contribution in [1.29, 1.82) is 0 Å². The van der Waals surface area contributed by atoms with Gasteiger partial charge in [-0.3, -0.25) is 4.79 Å². The first-order chi connectivity index (χ1) is 9.54. The molecule has 1 aromatic rings. The Balaban J connectivity index is 1.81. The molecule has 0 bridgehead atoms. The number of nitrogens with one attached hydrogen (secondary N) is 1. The van der Waals surface area contributed by atoms with Crippen molar-refractivity contribution in [3.63, 3.8) is 0 Å². The van der Waals surface area contributed by atoms with E-state index in [2.05, 4.69) is 5.32 Å². The van der Waals surface area contributed by atoms with Gasteiger partial charge in [0, 0.05) is 17.1 Å². The van der Waals surface area contributed by atoms with E-state index in [0.29, 0.717) is 5.02 Å². The molecule has 1 amide bonds. The molecule has 0 aromatic heterocycles. The molecule has 0 saturated heterocycles. The van der Waals surface area contributed by atoms with Crippen LogP contribution in [0.1, 0.15) is 25.3 Å². The minimum absolute atomic E-state index is 0.249. The maximum Gasteiger partial charge on any atom is 0.331 e. The van der Waals surface area contributed by atoms with Crippen LogP contribution in [0.15, 0.2) is 30.3 Å². The van der Waals surface area contributed by atoms with E-state index in [1.54, 1.807) is 37.3 Å². The largest absolute Gasteiger partial charge is 0.449 e. The molecular formula is C15H16ClNO3. The van der Waals surface area contributed by atoms with Gasteiger partial charge in [-0.25, -0.2) is 4.79 Å². The van der Waals surface area contributed by atoms with Crippen LogP contribution in [0.3, 0.4) is 0 Å². The van der Waals surface area contributed by atoms with Gasteiger partial charge in [-0.2, -0.15) is 0 Å². The first kappa shape index (κ1) is 14.6. The highest BCUT2D eigenvalue weighted by molar-refractivity contribution is 6.30. The summed E-state index contributed by atoms with van der Waals surface area (Å²) in [6, 6.07) is 7.30. The minimum atomic E-state index is -0.780. The maximum absolute atomic E-state index is 11.6. The molecule has 0 spiro atoms. The van der Waals surface area contributed by atoms with Crippen molar-refractivity contribution in [3.05, 3.63) is 40.9 Å². The Labute approximate surface area is 122 Å². The Morgan fingerprint density at radius 1 is 1.35 bits per heavy atom. The zero-order valence-electron chi connectivity index (χ0n) is 11.1. The number of hydrogen-bond acceptors (Lipinski definition) is 3. The zero-order chi connectivity index (χ0) is 14.5. The van der Waals surface area contributed by atoms with Gasteiger partial charge in [0.05, 0.1) is 0 Å². The van der Waals surface area contributed by atoms with Gasteiger partial charge in [0.1, 0.15) is 0 Å². The molecule has 106 valence electrons. The monoisotopic (exact) mass is 293 g/mol. The summed E-state index contributed by atoms with van der Waals surface area (Å²) in [6.45, 7) is 1.56. The summed E-state index contributed by atoms with van der Waals surface area (Å²) in [7, 11) is 0. The number of halogens is 1. The van der Waals surface area contributed by atoms with Gasteiger partial charge < -0.3 is 10.1 Å². The Morgan fingerprint density at radius 2 is 2.00 bits per heavy atom. The summed E-state index contributed by atoms with van der Waals surface area (Å²) in [5.74, 6) is -0.792. The summed E-state index contributed by atoms with van der Waals surface area (Å²) in [6.07, 6.45) is 4.14. The molecule has 0 aliphatic heterocycles. The zero-order valence-corrected chi connectivity index (χ0v) is 11.9. The molecule has 20 heavy (non-hydrogen) atoms. The lowest BCUT2D eigenvalue weighted by molar-refractivity contribution is -0.150. The highest BCUT2D eigenvalue weighted by Crippen LogP contribution is 2.18. The quantitative estimate of drug-likeness (QED) is 0.670. The lowest BCUT2D eigenvalue weighted by Crippen LogP contribution is -2.36. The summed E-state index contributed by atoms with van der Waals surface area (Å²) in [5.41, 5.74) is 0.835. The number of esters is 1. The number of rotatable bonds is 5. The third kappa shape index (κ3) is 4.70. The van der Waals surface area contributed by atoms with E-state index in [1.807, 2.05) is 0 Å². The average molecular weight is 294 g/mol. The van der Waals surface area contributed by atoms with E-state index >= 15 is 0 Å². The lowest BCUT2D eigenvalue weighted by atomic mass is 10.2. The second-order valence-electron chi connectivity index (χ2n) is 4.75. The van der Waals surface area contributed by atoms with Crippen LogP contribution in [-0.2, 0) is 14.3 Å². The van der Waals surface area contributed by atoms with Crippen LogP contribution < -0.4 is 5.32 Å². The standard InChI is InChI=1S/C15H16ClNO3/c1-10(15(19)17-13-7-8-13)20-14(18)9-4-11-2-5-12(16)6-3-11/h2-6,9-10,13H,7-8H2,1H3,(H,17,19)/b9-4+/t10-/m1/s1. The van der Waals surface area contributed by atoms with E-state index in [0.717, 1.165) is 18.4 Å². The highest BCUT2D eigenvalue weighted by Gasteiger charge is 2.26. The van der Waals surface area contributed by atoms with Crippen molar-refractivity contribution in [2.75, 3.05) is 0 Å². The van der Waals surface area contributed by atoms with Gasteiger partial charge in [-0.05, 0) is 43.5 Å². The SMILES string of the molecule is C[C@@H](OC(=O)/C=C/c1ccc(Cl)cc1)C(=O)NC1CC1. The van der Waals surface area contributed by atoms with E-state index in [-0.39, 0.29) is 11.9 Å². The second-order valence-corrected chi connectivity index (χ2v) is 5.18. The summed E-state index contributed by atoms with van der Waals surface area (Å²) >= 11 is 5.76. The van der Waals surface area contributed by atoms with Crippen LogP contribution in [0, 0.1) is 0 Å². The van der Waals surface area contributed by atoms with Gasteiger partial charge in [0.15, 0.2) is 6.10 Å². The number of benzene rings is 1. The van der Waals surface area contributed by atoms with Crippen LogP contribution in [0.4, 0.5) is 0 Å². The van der Waals surface area contributed by atoms with E-state index in [9.17, 15) is 9.59 Å². The number of amides is 1. The van der Waals surface area contributed by atoms with Gasteiger partial charge in [-0.1, -0.05) is 23.7 Å². The third-order valence-electron chi connectivity index (χ3n) is 2.87. The molecule has 1 aliphatic carbocycles.